The summed E-state index contributed by atoms with van der Waals surface area (Å²) in [5.74, 6) is 0.792. The maximum absolute atomic E-state index is 13.7. The smallest absolute Gasteiger partial charge is 0.282 e. The normalized spacial score (nSPS) is 13.4. The van der Waals surface area contributed by atoms with Crippen molar-refractivity contribution in [3.63, 3.8) is 0 Å². The van der Waals surface area contributed by atoms with Crippen LogP contribution in [0.2, 0.25) is 0 Å². The molecule has 0 spiro atoms. The van der Waals surface area contributed by atoms with Gasteiger partial charge in [0.2, 0.25) is 0 Å². The Balaban J connectivity index is 1.87. The third-order valence-electron chi connectivity index (χ3n) is 5.54. The molecule has 2 amide bonds. The highest BCUT2D eigenvalue weighted by molar-refractivity contribution is 6.46. The van der Waals surface area contributed by atoms with E-state index in [1.165, 1.54) is 12.0 Å². The number of amides is 2. The minimum atomic E-state index is -0.421. The molecule has 7 nitrogen and oxygen atoms in total. The van der Waals surface area contributed by atoms with Gasteiger partial charge in [0.1, 0.15) is 11.4 Å². The molecule has 0 fully saturated rings. The minimum absolute atomic E-state index is 0.272. The Kier molecular flexibility index (Phi) is 6.04. The van der Waals surface area contributed by atoms with Crippen molar-refractivity contribution in [2.24, 2.45) is 0 Å². The monoisotopic (exact) mass is 444 g/mol. The first-order valence-electron chi connectivity index (χ1n) is 10.3. The van der Waals surface area contributed by atoms with Crippen molar-refractivity contribution in [2.75, 3.05) is 38.2 Å². The number of likely N-dealkylation sites (N-methyl/N-ethyl adjacent to an activating group) is 1. The van der Waals surface area contributed by atoms with Crippen LogP contribution in [0.1, 0.15) is 5.56 Å². The van der Waals surface area contributed by atoms with Gasteiger partial charge in [-0.15, -0.1) is 0 Å². The molecule has 7 heteroatoms. The Morgan fingerprint density at radius 1 is 0.727 bits per heavy atom. The van der Waals surface area contributed by atoms with Crippen molar-refractivity contribution < 1.29 is 23.8 Å². The molecule has 33 heavy (non-hydrogen) atoms. The first-order valence-corrected chi connectivity index (χ1v) is 10.3. The number of imide groups is 1. The highest BCUT2D eigenvalue weighted by atomic mass is 16.5. The van der Waals surface area contributed by atoms with Crippen LogP contribution in [0.25, 0.3) is 5.57 Å². The maximum Gasteiger partial charge on any atom is 0.282 e. The highest BCUT2D eigenvalue weighted by Crippen LogP contribution is 2.39. The van der Waals surface area contributed by atoms with Crippen LogP contribution in [0, 0.1) is 0 Å². The van der Waals surface area contributed by atoms with Crippen molar-refractivity contribution in [1.82, 2.24) is 0 Å². The standard InChI is InChI=1S/C26H24N2O5/c1-27(18-8-6-5-7-9-18)24-23(17-10-15-21(32-3)22(16-17)33-4)25(29)28(26(24)30)19-11-13-20(31-2)14-12-19/h5-16H,1-4H3. The highest BCUT2D eigenvalue weighted by Gasteiger charge is 2.42. The molecule has 3 aromatic carbocycles. The number of carbonyl (C=O) groups excluding carboxylic acids is 2. The largest absolute Gasteiger partial charge is 0.497 e. The Bertz CT molecular complexity index is 1220. The van der Waals surface area contributed by atoms with E-state index in [1.54, 1.807) is 68.6 Å². The van der Waals surface area contributed by atoms with E-state index in [-0.39, 0.29) is 11.3 Å². The summed E-state index contributed by atoms with van der Waals surface area (Å²) >= 11 is 0. The molecule has 0 bridgehead atoms. The summed E-state index contributed by atoms with van der Waals surface area (Å²) in [4.78, 5) is 30.3. The molecule has 0 radical (unpaired) electrons. The zero-order chi connectivity index (χ0) is 23.5. The van der Waals surface area contributed by atoms with E-state index in [4.69, 9.17) is 14.2 Å². The maximum atomic E-state index is 13.7. The summed E-state index contributed by atoms with van der Waals surface area (Å²) in [5.41, 5.74) is 2.35. The quantitative estimate of drug-likeness (QED) is 0.511. The fourth-order valence-electron chi connectivity index (χ4n) is 3.83. The van der Waals surface area contributed by atoms with Crippen molar-refractivity contribution in [3.05, 3.63) is 84.1 Å². The Hall–Kier alpha value is -4.26. The zero-order valence-electron chi connectivity index (χ0n) is 18.9. The number of carbonyl (C=O) groups is 2. The lowest BCUT2D eigenvalue weighted by Crippen LogP contribution is -2.34. The number of ether oxygens (including phenoxy) is 3. The Morgan fingerprint density at radius 3 is 2.00 bits per heavy atom. The van der Waals surface area contributed by atoms with E-state index in [9.17, 15) is 9.59 Å². The lowest BCUT2D eigenvalue weighted by molar-refractivity contribution is -0.120. The van der Waals surface area contributed by atoms with E-state index in [1.807, 2.05) is 30.3 Å². The van der Waals surface area contributed by atoms with Crippen LogP contribution >= 0.6 is 0 Å². The van der Waals surface area contributed by atoms with E-state index in [0.29, 0.717) is 28.5 Å². The Morgan fingerprint density at radius 2 is 1.39 bits per heavy atom. The summed E-state index contributed by atoms with van der Waals surface area (Å²) in [5, 5.41) is 0. The molecule has 1 aliphatic rings. The second kappa shape index (κ2) is 9.08. The third kappa shape index (κ3) is 3.89. The lowest BCUT2D eigenvalue weighted by atomic mass is 10.0. The first kappa shape index (κ1) is 22.0. The summed E-state index contributed by atoms with van der Waals surface area (Å²) < 4.78 is 16.0. The molecule has 3 aromatic rings. The molecule has 0 unspecified atom stereocenters. The van der Waals surface area contributed by atoms with Gasteiger partial charge in [0, 0.05) is 12.7 Å². The van der Waals surface area contributed by atoms with Crippen LogP contribution in [-0.4, -0.2) is 40.2 Å². The fraction of sp³-hybridized carbons (Fsp3) is 0.154. The van der Waals surface area contributed by atoms with Gasteiger partial charge < -0.3 is 19.1 Å². The number of methoxy groups -OCH3 is 3. The predicted molar refractivity (Wildman–Crippen MR) is 127 cm³/mol. The van der Waals surface area contributed by atoms with Crippen LogP contribution in [-0.2, 0) is 9.59 Å². The summed E-state index contributed by atoms with van der Waals surface area (Å²) in [6.07, 6.45) is 0. The number of benzene rings is 3. The molecule has 0 atom stereocenters. The van der Waals surface area contributed by atoms with Gasteiger partial charge in [-0.2, -0.15) is 0 Å². The minimum Gasteiger partial charge on any atom is -0.497 e. The summed E-state index contributed by atoms with van der Waals surface area (Å²) in [7, 11) is 6.40. The molecule has 0 aliphatic carbocycles. The molecule has 168 valence electrons. The van der Waals surface area contributed by atoms with Crippen LogP contribution in [0.15, 0.2) is 78.5 Å². The first-order chi connectivity index (χ1) is 16.0. The van der Waals surface area contributed by atoms with Gasteiger partial charge in [0.25, 0.3) is 11.8 Å². The van der Waals surface area contributed by atoms with Crippen LogP contribution in [0.5, 0.6) is 17.2 Å². The van der Waals surface area contributed by atoms with Gasteiger partial charge >= 0.3 is 0 Å². The van der Waals surface area contributed by atoms with Crippen LogP contribution in [0.4, 0.5) is 11.4 Å². The lowest BCUT2D eigenvalue weighted by Gasteiger charge is -2.21. The van der Waals surface area contributed by atoms with Gasteiger partial charge in [0.05, 0.1) is 32.6 Å². The average molecular weight is 444 g/mol. The van der Waals surface area contributed by atoms with E-state index in [2.05, 4.69) is 0 Å². The number of hydrogen-bond donors (Lipinski definition) is 0. The van der Waals surface area contributed by atoms with E-state index < -0.39 is 11.8 Å². The molecule has 0 saturated carbocycles. The molecule has 0 aromatic heterocycles. The topological polar surface area (TPSA) is 68.3 Å². The van der Waals surface area contributed by atoms with Gasteiger partial charge in [-0.3, -0.25) is 9.59 Å². The molecule has 1 aliphatic heterocycles. The van der Waals surface area contributed by atoms with Gasteiger partial charge in [-0.1, -0.05) is 24.3 Å². The number of anilines is 2. The second-order valence-electron chi connectivity index (χ2n) is 7.33. The summed E-state index contributed by atoms with van der Waals surface area (Å²) in [6.45, 7) is 0. The molecule has 4 rings (SSSR count). The SMILES string of the molecule is COc1ccc(N2C(=O)C(c3ccc(OC)c(OC)c3)=C(N(C)c3ccccc3)C2=O)cc1. The molecular formula is C26H24N2O5. The number of nitrogens with zero attached hydrogens (tertiary/aromatic N) is 2. The molecule has 0 saturated heterocycles. The average Bonchev–Trinajstić information content (AvgIpc) is 3.13. The van der Waals surface area contributed by atoms with Crippen LogP contribution < -0.4 is 24.0 Å². The summed E-state index contributed by atoms with van der Waals surface area (Å²) in [6, 6.07) is 21.4. The van der Waals surface area contributed by atoms with Crippen molar-refractivity contribution in [1.29, 1.82) is 0 Å². The predicted octanol–water partition coefficient (Wildman–Crippen LogP) is 4.13. The molecule has 1 heterocycles. The number of rotatable bonds is 7. The molecular weight excluding hydrogens is 420 g/mol. The number of hydrogen-bond acceptors (Lipinski definition) is 6. The van der Waals surface area contributed by atoms with Gasteiger partial charge in [-0.25, -0.2) is 4.90 Å². The van der Waals surface area contributed by atoms with Crippen molar-refractivity contribution in [2.45, 2.75) is 0 Å². The van der Waals surface area contributed by atoms with Gasteiger partial charge in [0.15, 0.2) is 11.5 Å². The van der Waals surface area contributed by atoms with E-state index in [0.717, 1.165) is 5.69 Å². The molecule has 0 N–H and O–H groups in total. The Labute approximate surface area is 192 Å². The van der Waals surface area contributed by atoms with Crippen molar-refractivity contribution in [3.8, 4) is 17.2 Å². The van der Waals surface area contributed by atoms with E-state index >= 15 is 0 Å². The second-order valence-corrected chi connectivity index (χ2v) is 7.33. The number of para-hydroxylation sites is 1. The third-order valence-corrected chi connectivity index (χ3v) is 5.54. The van der Waals surface area contributed by atoms with Gasteiger partial charge in [-0.05, 0) is 54.1 Å². The van der Waals surface area contributed by atoms with Crippen molar-refractivity contribution >= 4 is 28.8 Å². The fourth-order valence-corrected chi connectivity index (χ4v) is 3.83. The zero-order valence-corrected chi connectivity index (χ0v) is 18.9. The van der Waals surface area contributed by atoms with Crippen LogP contribution in [0.3, 0.4) is 0 Å².